The standard InChI is InChI=1S/C17H27NO4S/c1-10(2)8-15(17(19)22-7)18-23(20,21)16-13(5)11(3)9-12(4)14(16)6/h9-10,15,18H,8H2,1-7H3. The highest BCUT2D eigenvalue weighted by atomic mass is 32.2. The minimum Gasteiger partial charge on any atom is -0.468 e. The lowest BCUT2D eigenvalue weighted by Gasteiger charge is -2.21. The van der Waals surface area contributed by atoms with Crippen LogP contribution < -0.4 is 4.72 Å². The molecule has 1 aromatic rings. The molecule has 0 spiro atoms. The van der Waals surface area contributed by atoms with E-state index in [1.165, 1.54) is 7.11 Å². The SMILES string of the molecule is COC(=O)C(CC(C)C)NS(=O)(=O)c1c(C)c(C)cc(C)c1C. The number of esters is 1. The first-order chi connectivity index (χ1) is 10.5. The van der Waals surface area contributed by atoms with E-state index in [0.717, 1.165) is 11.1 Å². The van der Waals surface area contributed by atoms with Gasteiger partial charge in [-0.15, -0.1) is 0 Å². The van der Waals surface area contributed by atoms with Gasteiger partial charge in [0.15, 0.2) is 0 Å². The zero-order valence-electron chi connectivity index (χ0n) is 15.0. The molecule has 0 aliphatic rings. The molecule has 1 rings (SSSR count). The number of hydrogen-bond acceptors (Lipinski definition) is 4. The van der Waals surface area contributed by atoms with Gasteiger partial charge in [-0.25, -0.2) is 8.42 Å². The summed E-state index contributed by atoms with van der Waals surface area (Å²) in [7, 11) is -2.56. The van der Waals surface area contributed by atoms with E-state index in [0.29, 0.717) is 17.5 Å². The van der Waals surface area contributed by atoms with Crippen molar-refractivity contribution in [2.45, 2.75) is 58.9 Å². The topological polar surface area (TPSA) is 72.5 Å². The molecular formula is C17H27NO4S. The molecule has 0 fully saturated rings. The quantitative estimate of drug-likeness (QED) is 0.808. The lowest BCUT2D eigenvalue weighted by molar-refractivity contribution is -0.143. The molecule has 1 aromatic carbocycles. The van der Waals surface area contributed by atoms with Gasteiger partial charge in [0.25, 0.3) is 0 Å². The molecule has 130 valence electrons. The first-order valence-electron chi connectivity index (χ1n) is 7.68. The Kier molecular flexibility index (Phi) is 6.36. The third kappa shape index (κ3) is 4.54. The highest BCUT2D eigenvalue weighted by Crippen LogP contribution is 2.26. The number of ether oxygens (including phenoxy) is 1. The van der Waals surface area contributed by atoms with Crippen molar-refractivity contribution >= 4 is 16.0 Å². The van der Waals surface area contributed by atoms with Gasteiger partial charge in [0, 0.05) is 0 Å². The van der Waals surface area contributed by atoms with E-state index < -0.39 is 22.0 Å². The minimum atomic E-state index is -3.82. The maximum absolute atomic E-state index is 12.9. The first kappa shape index (κ1) is 19.6. The van der Waals surface area contributed by atoms with Gasteiger partial charge in [-0.05, 0) is 62.3 Å². The van der Waals surface area contributed by atoms with E-state index >= 15 is 0 Å². The Bertz CT molecular complexity index is 667. The second-order valence-electron chi connectivity index (χ2n) is 6.42. The summed E-state index contributed by atoms with van der Waals surface area (Å²) < 4.78 is 33.0. The third-order valence-corrected chi connectivity index (χ3v) is 5.80. The fourth-order valence-electron chi connectivity index (χ4n) is 2.64. The summed E-state index contributed by atoms with van der Waals surface area (Å²) >= 11 is 0. The summed E-state index contributed by atoms with van der Waals surface area (Å²) in [4.78, 5) is 12.2. The zero-order valence-corrected chi connectivity index (χ0v) is 15.8. The van der Waals surface area contributed by atoms with Crippen molar-refractivity contribution in [2.75, 3.05) is 7.11 Å². The van der Waals surface area contributed by atoms with Crippen LogP contribution in [-0.2, 0) is 19.6 Å². The molecule has 0 amide bonds. The van der Waals surface area contributed by atoms with Gasteiger partial charge in [-0.1, -0.05) is 19.9 Å². The zero-order chi connectivity index (χ0) is 17.9. The van der Waals surface area contributed by atoms with Crippen LogP contribution in [0.4, 0.5) is 0 Å². The third-order valence-electron chi connectivity index (χ3n) is 4.06. The predicted octanol–water partition coefficient (Wildman–Crippen LogP) is 2.79. The monoisotopic (exact) mass is 341 g/mol. The van der Waals surface area contributed by atoms with Crippen LogP contribution in [0.1, 0.15) is 42.5 Å². The Balaban J connectivity index is 3.34. The maximum Gasteiger partial charge on any atom is 0.323 e. The van der Waals surface area contributed by atoms with Crippen molar-refractivity contribution in [3.05, 3.63) is 28.3 Å². The molecule has 0 aromatic heterocycles. The van der Waals surface area contributed by atoms with Crippen LogP contribution in [0, 0.1) is 33.6 Å². The van der Waals surface area contributed by atoms with Crippen molar-refractivity contribution in [1.29, 1.82) is 0 Å². The predicted molar refractivity (Wildman–Crippen MR) is 91.0 cm³/mol. The number of hydrogen-bond donors (Lipinski definition) is 1. The van der Waals surface area contributed by atoms with Gasteiger partial charge in [0.05, 0.1) is 12.0 Å². The molecule has 0 aliphatic carbocycles. The van der Waals surface area contributed by atoms with Crippen LogP contribution in [0.25, 0.3) is 0 Å². The largest absolute Gasteiger partial charge is 0.468 e. The molecule has 0 bridgehead atoms. The number of carbonyl (C=O) groups is 1. The smallest absolute Gasteiger partial charge is 0.323 e. The molecule has 0 saturated heterocycles. The molecule has 1 unspecified atom stereocenters. The molecule has 0 saturated carbocycles. The van der Waals surface area contributed by atoms with Crippen LogP contribution in [0.2, 0.25) is 0 Å². The van der Waals surface area contributed by atoms with Gasteiger partial charge in [0.2, 0.25) is 10.0 Å². The molecule has 1 N–H and O–H groups in total. The number of carbonyl (C=O) groups excluding carboxylic acids is 1. The van der Waals surface area contributed by atoms with Crippen molar-refractivity contribution in [3.8, 4) is 0 Å². The van der Waals surface area contributed by atoms with Gasteiger partial charge in [-0.2, -0.15) is 4.72 Å². The summed E-state index contributed by atoms with van der Waals surface area (Å²) in [6.45, 7) is 11.2. The highest BCUT2D eigenvalue weighted by Gasteiger charge is 2.29. The van der Waals surface area contributed by atoms with E-state index in [2.05, 4.69) is 4.72 Å². The molecule has 0 radical (unpaired) electrons. The molecule has 1 atom stereocenters. The molecule has 0 heterocycles. The summed E-state index contributed by atoms with van der Waals surface area (Å²) in [5.41, 5.74) is 3.22. The van der Waals surface area contributed by atoms with Crippen molar-refractivity contribution in [1.82, 2.24) is 4.72 Å². The van der Waals surface area contributed by atoms with E-state index in [-0.39, 0.29) is 10.8 Å². The van der Waals surface area contributed by atoms with E-state index in [4.69, 9.17) is 4.74 Å². The molecule has 6 heteroatoms. The van der Waals surface area contributed by atoms with Crippen LogP contribution in [0.3, 0.4) is 0 Å². The van der Waals surface area contributed by atoms with Gasteiger partial charge < -0.3 is 4.74 Å². The number of sulfonamides is 1. The minimum absolute atomic E-state index is 0.156. The Morgan fingerprint density at radius 1 is 1.13 bits per heavy atom. The molecule has 5 nitrogen and oxygen atoms in total. The normalized spacial score (nSPS) is 13.2. The number of rotatable bonds is 6. The summed E-state index contributed by atoms with van der Waals surface area (Å²) in [5.74, 6) is -0.412. The summed E-state index contributed by atoms with van der Waals surface area (Å²) in [6, 6.07) is 1.08. The fraction of sp³-hybridized carbons (Fsp3) is 0.588. The second kappa shape index (κ2) is 7.45. The van der Waals surface area contributed by atoms with Crippen LogP contribution in [-0.4, -0.2) is 27.5 Å². The Morgan fingerprint density at radius 2 is 1.61 bits per heavy atom. The number of methoxy groups -OCH3 is 1. The van der Waals surface area contributed by atoms with Crippen LogP contribution in [0.5, 0.6) is 0 Å². The summed E-state index contributed by atoms with van der Waals surface area (Å²) in [6.07, 6.45) is 0.384. The van der Waals surface area contributed by atoms with Crippen molar-refractivity contribution < 1.29 is 17.9 Å². The highest BCUT2D eigenvalue weighted by molar-refractivity contribution is 7.89. The molecule has 0 aliphatic heterocycles. The second-order valence-corrected chi connectivity index (χ2v) is 8.07. The lowest BCUT2D eigenvalue weighted by Crippen LogP contribution is -2.42. The fourth-order valence-corrected chi connectivity index (χ4v) is 4.45. The average Bonchev–Trinajstić information content (AvgIpc) is 2.42. The van der Waals surface area contributed by atoms with Gasteiger partial charge in [-0.3, -0.25) is 4.79 Å². The van der Waals surface area contributed by atoms with E-state index in [9.17, 15) is 13.2 Å². The van der Waals surface area contributed by atoms with Crippen LogP contribution >= 0.6 is 0 Å². The Hall–Kier alpha value is -1.40. The number of aryl methyl sites for hydroxylation is 2. The van der Waals surface area contributed by atoms with E-state index in [1.54, 1.807) is 13.8 Å². The summed E-state index contributed by atoms with van der Waals surface area (Å²) in [5, 5.41) is 0. The van der Waals surface area contributed by atoms with E-state index in [1.807, 2.05) is 33.8 Å². The van der Waals surface area contributed by atoms with Gasteiger partial charge in [0.1, 0.15) is 6.04 Å². The maximum atomic E-state index is 12.9. The van der Waals surface area contributed by atoms with Crippen molar-refractivity contribution in [3.63, 3.8) is 0 Å². The average molecular weight is 341 g/mol. The lowest BCUT2D eigenvalue weighted by atomic mass is 10.0. The van der Waals surface area contributed by atoms with Crippen molar-refractivity contribution in [2.24, 2.45) is 5.92 Å². The van der Waals surface area contributed by atoms with Gasteiger partial charge >= 0.3 is 5.97 Å². The number of benzene rings is 1. The molecule has 23 heavy (non-hydrogen) atoms. The molecular weight excluding hydrogens is 314 g/mol. The first-order valence-corrected chi connectivity index (χ1v) is 9.17. The van der Waals surface area contributed by atoms with Crippen LogP contribution in [0.15, 0.2) is 11.0 Å². The Labute approximate surface area is 139 Å². The number of nitrogens with one attached hydrogen (secondary N) is 1. The Morgan fingerprint density at radius 3 is 2.00 bits per heavy atom.